The molecule has 0 saturated carbocycles. The normalized spacial score (nSPS) is 11.9. The lowest BCUT2D eigenvalue weighted by atomic mass is 9.88. The molecule has 0 radical (unpaired) electrons. The first-order chi connectivity index (χ1) is 23.2. The van der Waals surface area contributed by atoms with Gasteiger partial charge in [-0.25, -0.2) is 9.67 Å². The fraction of sp³-hybridized carbons (Fsp3) is 0.256. The van der Waals surface area contributed by atoms with Crippen molar-refractivity contribution in [2.75, 3.05) is 0 Å². The molecule has 0 aliphatic rings. The lowest BCUT2D eigenvalue weighted by Crippen LogP contribution is -2.10. The van der Waals surface area contributed by atoms with E-state index in [0.717, 1.165) is 58.3 Å². The van der Waals surface area contributed by atoms with Gasteiger partial charge < -0.3 is 4.74 Å². The van der Waals surface area contributed by atoms with E-state index in [1.165, 1.54) is 45.9 Å². The monoisotopic (exact) mass is 632 g/mol. The predicted octanol–water partition coefficient (Wildman–Crippen LogP) is 11.4. The molecular formula is C43H44N4O. The predicted molar refractivity (Wildman–Crippen MR) is 199 cm³/mol. The number of benzene rings is 4. The Morgan fingerprint density at radius 1 is 0.729 bits per heavy atom. The number of hydrogen-bond donors (Lipinski definition) is 0. The number of unbranched alkanes of at least 4 members (excludes halogenated alkanes) is 1. The van der Waals surface area contributed by atoms with Crippen molar-refractivity contribution in [2.45, 2.75) is 67.2 Å². The topological polar surface area (TPSA) is 44.9 Å². The van der Waals surface area contributed by atoms with E-state index in [1.54, 1.807) is 0 Å². The van der Waals surface area contributed by atoms with Gasteiger partial charge in [0.05, 0.1) is 22.4 Å². The number of rotatable bonds is 9. The van der Waals surface area contributed by atoms with Crippen LogP contribution in [-0.2, 0) is 12.8 Å². The van der Waals surface area contributed by atoms with E-state index >= 15 is 0 Å². The second-order valence-corrected chi connectivity index (χ2v) is 14.2. The summed E-state index contributed by atoms with van der Waals surface area (Å²) in [6.45, 7) is 13.3. The first-order valence-corrected chi connectivity index (χ1v) is 17.1. The molecule has 5 heteroatoms. The zero-order chi connectivity index (χ0) is 33.4. The Bertz CT molecular complexity index is 2230. The maximum Gasteiger partial charge on any atom is 0.137 e. The Labute approximate surface area is 283 Å². The van der Waals surface area contributed by atoms with Crippen LogP contribution in [0.25, 0.3) is 44.4 Å². The van der Waals surface area contributed by atoms with Crippen molar-refractivity contribution in [3.05, 3.63) is 132 Å². The zero-order valence-electron chi connectivity index (χ0n) is 28.9. The molecule has 0 aliphatic carbocycles. The van der Waals surface area contributed by atoms with Gasteiger partial charge in [-0.1, -0.05) is 76.6 Å². The highest BCUT2D eigenvalue weighted by atomic mass is 16.5. The molecule has 3 aromatic heterocycles. The maximum atomic E-state index is 6.59. The summed E-state index contributed by atoms with van der Waals surface area (Å²) in [4.78, 5) is 4.89. The van der Waals surface area contributed by atoms with E-state index in [2.05, 4.69) is 131 Å². The van der Waals surface area contributed by atoms with Gasteiger partial charge in [-0.05, 0) is 104 Å². The Balaban J connectivity index is 1.29. The number of aryl methyl sites for hydroxylation is 2. The van der Waals surface area contributed by atoms with Crippen LogP contribution in [0.2, 0.25) is 0 Å². The average Bonchev–Trinajstić information content (AvgIpc) is 3.55. The van der Waals surface area contributed by atoms with Gasteiger partial charge in [-0.15, -0.1) is 0 Å². The minimum absolute atomic E-state index is 0.180. The van der Waals surface area contributed by atoms with E-state index in [1.807, 2.05) is 29.1 Å². The maximum absolute atomic E-state index is 6.59. The number of fused-ring (bicyclic) bond motifs is 3. The summed E-state index contributed by atoms with van der Waals surface area (Å²) in [6.07, 6.45) is 6.37. The average molecular weight is 633 g/mol. The highest BCUT2D eigenvalue weighted by Crippen LogP contribution is 2.37. The van der Waals surface area contributed by atoms with Gasteiger partial charge in [0.25, 0.3) is 0 Å². The fourth-order valence-corrected chi connectivity index (χ4v) is 6.93. The minimum Gasteiger partial charge on any atom is -0.457 e. The van der Waals surface area contributed by atoms with Crippen molar-refractivity contribution < 1.29 is 4.74 Å². The van der Waals surface area contributed by atoms with Crippen molar-refractivity contribution >= 4 is 21.8 Å². The summed E-state index contributed by atoms with van der Waals surface area (Å²) in [5.74, 6) is 2.46. The van der Waals surface area contributed by atoms with Crippen LogP contribution < -0.4 is 4.74 Å². The van der Waals surface area contributed by atoms with Gasteiger partial charge in [-0.3, -0.25) is 4.57 Å². The highest BCUT2D eigenvalue weighted by Gasteiger charge is 2.18. The van der Waals surface area contributed by atoms with E-state index in [9.17, 15) is 0 Å². The van der Waals surface area contributed by atoms with Crippen LogP contribution in [-0.4, -0.2) is 19.3 Å². The molecule has 4 aromatic carbocycles. The Kier molecular flexibility index (Phi) is 8.38. The minimum atomic E-state index is 0.180. The quantitative estimate of drug-likeness (QED) is 0.159. The van der Waals surface area contributed by atoms with Crippen LogP contribution >= 0.6 is 0 Å². The van der Waals surface area contributed by atoms with E-state index in [-0.39, 0.29) is 5.41 Å². The molecule has 7 aromatic rings. The highest BCUT2D eigenvalue weighted by molar-refractivity contribution is 6.09. The molecule has 7 rings (SSSR count). The van der Waals surface area contributed by atoms with Gasteiger partial charge in [0.2, 0.25) is 0 Å². The fourth-order valence-electron chi connectivity index (χ4n) is 6.93. The van der Waals surface area contributed by atoms with E-state index < -0.39 is 0 Å². The van der Waals surface area contributed by atoms with Crippen LogP contribution in [0.15, 0.2) is 109 Å². The molecule has 0 spiro atoms. The smallest absolute Gasteiger partial charge is 0.137 e. The molecule has 0 atom stereocenters. The lowest BCUT2D eigenvalue weighted by Gasteiger charge is -2.18. The third-order valence-corrected chi connectivity index (χ3v) is 9.05. The van der Waals surface area contributed by atoms with Gasteiger partial charge in [0, 0.05) is 40.4 Å². The number of pyridine rings is 1. The first kappa shape index (κ1) is 31.4. The summed E-state index contributed by atoms with van der Waals surface area (Å²) in [6, 6.07) is 36.3. The Morgan fingerprint density at radius 2 is 1.54 bits per heavy atom. The molecule has 48 heavy (non-hydrogen) atoms. The number of nitrogens with zero attached hydrogens (tertiary/aromatic N) is 4. The molecule has 0 bridgehead atoms. The van der Waals surface area contributed by atoms with Crippen LogP contribution in [0, 0.1) is 19.3 Å². The first-order valence-electron chi connectivity index (χ1n) is 17.1. The molecule has 0 N–H and O–H groups in total. The van der Waals surface area contributed by atoms with Crippen LogP contribution in [0.1, 0.15) is 63.1 Å². The second-order valence-electron chi connectivity index (χ2n) is 14.2. The molecule has 0 unspecified atom stereocenters. The number of aromatic nitrogens is 4. The van der Waals surface area contributed by atoms with Crippen LogP contribution in [0.5, 0.6) is 11.5 Å². The third-order valence-electron chi connectivity index (χ3n) is 9.05. The zero-order valence-corrected chi connectivity index (χ0v) is 28.9. The largest absolute Gasteiger partial charge is 0.457 e. The Hall–Kier alpha value is -5.16. The standard InChI is InChI=1S/C43H44N4O/c1-7-8-13-31-18-21-39-38(24-31)37-20-19-36(27-40(37)46(39)41-25-32(22-23-44-41)28-43(4,5)6)48-35-17-12-16-34(26-35)47-30(3)42(29(2)45-47)33-14-10-9-11-15-33/h9-12,14-27H,7-8,13,28H2,1-6H3. The molecular weight excluding hydrogens is 589 g/mol. The summed E-state index contributed by atoms with van der Waals surface area (Å²) in [7, 11) is 0. The number of hydrogen-bond acceptors (Lipinski definition) is 3. The van der Waals surface area contributed by atoms with Gasteiger partial charge >= 0.3 is 0 Å². The molecule has 0 saturated heterocycles. The number of ether oxygens (including phenoxy) is 1. The van der Waals surface area contributed by atoms with E-state index in [4.69, 9.17) is 14.8 Å². The summed E-state index contributed by atoms with van der Waals surface area (Å²) >= 11 is 0. The van der Waals surface area contributed by atoms with Crippen molar-refractivity contribution in [3.8, 4) is 34.1 Å². The van der Waals surface area contributed by atoms with Crippen LogP contribution in [0.4, 0.5) is 0 Å². The van der Waals surface area contributed by atoms with Crippen LogP contribution in [0.3, 0.4) is 0 Å². The van der Waals surface area contributed by atoms with Crippen molar-refractivity contribution in [2.24, 2.45) is 5.41 Å². The third kappa shape index (κ3) is 6.25. The molecule has 5 nitrogen and oxygen atoms in total. The summed E-state index contributed by atoms with van der Waals surface area (Å²) in [5.41, 5.74) is 10.5. The van der Waals surface area contributed by atoms with Gasteiger partial charge in [0.15, 0.2) is 0 Å². The molecule has 0 amide bonds. The molecule has 3 heterocycles. The second kappa shape index (κ2) is 12.8. The van der Waals surface area contributed by atoms with Crippen molar-refractivity contribution in [1.29, 1.82) is 0 Å². The van der Waals surface area contributed by atoms with E-state index in [0.29, 0.717) is 0 Å². The summed E-state index contributed by atoms with van der Waals surface area (Å²) < 4.78 is 10.9. The molecule has 242 valence electrons. The SMILES string of the molecule is CCCCc1ccc2c(c1)c1ccc(Oc3cccc(-n4nc(C)c(-c5ccccc5)c4C)c3)cc1n2-c1cc(CC(C)(C)C)ccn1. The summed E-state index contributed by atoms with van der Waals surface area (Å²) in [5, 5.41) is 7.36. The molecule has 0 fully saturated rings. The van der Waals surface area contributed by atoms with Crippen molar-refractivity contribution in [3.63, 3.8) is 0 Å². The lowest BCUT2D eigenvalue weighted by molar-refractivity contribution is 0.411. The van der Waals surface area contributed by atoms with Gasteiger partial charge in [-0.2, -0.15) is 5.10 Å². The molecule has 0 aliphatic heterocycles. The van der Waals surface area contributed by atoms with Gasteiger partial charge in [0.1, 0.15) is 17.3 Å². The van der Waals surface area contributed by atoms with Crippen molar-refractivity contribution in [1.82, 2.24) is 19.3 Å². The Morgan fingerprint density at radius 3 is 2.33 bits per heavy atom.